The average Bonchev–Trinajstić information content (AvgIpc) is 2.46. The SMILES string of the molecule is COc1cc(C(F)(F)F)nc(NC(=S)NC2CCCCC2)n1. The van der Waals surface area contributed by atoms with Gasteiger partial charge in [0.25, 0.3) is 0 Å². The van der Waals surface area contributed by atoms with Crippen LogP contribution in [0.3, 0.4) is 0 Å². The van der Waals surface area contributed by atoms with E-state index in [0.717, 1.165) is 31.7 Å². The van der Waals surface area contributed by atoms with Crippen molar-refractivity contribution < 1.29 is 17.9 Å². The van der Waals surface area contributed by atoms with Gasteiger partial charge in [0.05, 0.1) is 7.11 Å². The van der Waals surface area contributed by atoms with Gasteiger partial charge in [-0.15, -0.1) is 0 Å². The molecular formula is C13H17F3N4OS. The van der Waals surface area contributed by atoms with Crippen LogP contribution in [0.25, 0.3) is 0 Å². The summed E-state index contributed by atoms with van der Waals surface area (Å²) in [5, 5.41) is 5.89. The normalized spacial score (nSPS) is 16.2. The van der Waals surface area contributed by atoms with Gasteiger partial charge in [-0.3, -0.25) is 0 Å². The van der Waals surface area contributed by atoms with Crippen molar-refractivity contribution in [3.8, 4) is 5.88 Å². The predicted molar refractivity (Wildman–Crippen MR) is 79.8 cm³/mol. The standard InChI is InChI=1S/C13H17F3N4OS/c1-21-10-7-9(13(14,15)16)18-11(19-10)20-12(22)17-8-5-3-2-4-6-8/h7-8H,2-6H2,1H3,(H2,17,18,19,20,22). The Bertz CT molecular complexity index is 533. The maximum Gasteiger partial charge on any atom is 0.433 e. The Hall–Kier alpha value is -1.64. The van der Waals surface area contributed by atoms with Gasteiger partial charge >= 0.3 is 6.18 Å². The smallest absolute Gasteiger partial charge is 0.433 e. The number of aromatic nitrogens is 2. The Morgan fingerprint density at radius 3 is 2.55 bits per heavy atom. The molecule has 1 saturated carbocycles. The van der Waals surface area contributed by atoms with Gasteiger partial charge in [-0.1, -0.05) is 19.3 Å². The highest BCUT2D eigenvalue weighted by Crippen LogP contribution is 2.30. The maximum atomic E-state index is 12.8. The molecule has 0 atom stereocenters. The third-order valence-corrected chi connectivity index (χ3v) is 3.59. The first-order valence-corrected chi connectivity index (χ1v) is 7.37. The minimum Gasteiger partial charge on any atom is -0.481 e. The first-order valence-electron chi connectivity index (χ1n) is 6.96. The van der Waals surface area contributed by atoms with Crippen LogP contribution >= 0.6 is 12.2 Å². The quantitative estimate of drug-likeness (QED) is 0.828. The molecule has 0 unspecified atom stereocenters. The van der Waals surface area contributed by atoms with Crippen LogP contribution in [0.15, 0.2) is 6.07 Å². The summed E-state index contributed by atoms with van der Waals surface area (Å²) >= 11 is 5.11. The molecule has 2 N–H and O–H groups in total. The Morgan fingerprint density at radius 2 is 1.95 bits per heavy atom. The molecule has 0 spiro atoms. The number of alkyl halides is 3. The summed E-state index contributed by atoms with van der Waals surface area (Å²) in [7, 11) is 1.24. The molecule has 122 valence electrons. The van der Waals surface area contributed by atoms with Gasteiger partial charge in [0.1, 0.15) is 0 Å². The number of nitrogens with one attached hydrogen (secondary N) is 2. The van der Waals surface area contributed by atoms with Crippen molar-refractivity contribution in [1.29, 1.82) is 0 Å². The second kappa shape index (κ2) is 7.08. The summed E-state index contributed by atoms with van der Waals surface area (Å²) in [6.07, 6.45) is 0.850. The minimum absolute atomic E-state index is 0.176. The van der Waals surface area contributed by atoms with E-state index < -0.39 is 11.9 Å². The topological polar surface area (TPSA) is 59.1 Å². The van der Waals surface area contributed by atoms with Gasteiger partial charge in [0.2, 0.25) is 11.8 Å². The number of nitrogens with zero attached hydrogens (tertiary/aromatic N) is 2. The zero-order valence-corrected chi connectivity index (χ0v) is 12.9. The third-order valence-electron chi connectivity index (χ3n) is 3.37. The summed E-state index contributed by atoms with van der Waals surface area (Å²) in [6.45, 7) is 0. The van der Waals surface area contributed by atoms with Crippen molar-refractivity contribution in [2.45, 2.75) is 44.3 Å². The van der Waals surface area contributed by atoms with Crippen molar-refractivity contribution in [2.24, 2.45) is 0 Å². The Morgan fingerprint density at radius 1 is 1.27 bits per heavy atom. The molecule has 0 amide bonds. The third kappa shape index (κ3) is 4.69. The van der Waals surface area contributed by atoms with Crippen LogP contribution in [0.5, 0.6) is 5.88 Å². The molecule has 1 aromatic rings. The molecular weight excluding hydrogens is 317 g/mol. The molecule has 0 aromatic carbocycles. The van der Waals surface area contributed by atoms with Gasteiger partial charge in [0, 0.05) is 12.1 Å². The highest BCUT2D eigenvalue weighted by atomic mass is 32.1. The van der Waals surface area contributed by atoms with Crippen molar-refractivity contribution in [2.75, 3.05) is 12.4 Å². The Labute approximate surface area is 131 Å². The number of hydrogen-bond donors (Lipinski definition) is 2. The molecule has 1 aliphatic rings. The van der Waals surface area contributed by atoms with E-state index in [2.05, 4.69) is 20.6 Å². The van der Waals surface area contributed by atoms with Crippen molar-refractivity contribution in [3.63, 3.8) is 0 Å². The summed E-state index contributed by atoms with van der Waals surface area (Å²) in [5.41, 5.74) is -1.08. The van der Waals surface area contributed by atoms with Gasteiger partial charge in [-0.2, -0.15) is 18.2 Å². The summed E-state index contributed by atoms with van der Waals surface area (Å²) in [5.74, 6) is -0.412. The molecule has 0 bridgehead atoms. The fraction of sp³-hybridized carbons (Fsp3) is 0.615. The van der Waals surface area contributed by atoms with Crippen LogP contribution in [-0.4, -0.2) is 28.2 Å². The van der Waals surface area contributed by atoms with E-state index in [4.69, 9.17) is 17.0 Å². The maximum absolute atomic E-state index is 12.8. The van der Waals surface area contributed by atoms with E-state index >= 15 is 0 Å². The van der Waals surface area contributed by atoms with Crippen LogP contribution in [0, 0.1) is 0 Å². The molecule has 0 aliphatic heterocycles. The summed E-state index contributed by atoms with van der Waals surface area (Å²) in [6, 6.07) is 0.976. The summed E-state index contributed by atoms with van der Waals surface area (Å²) < 4.78 is 43.1. The zero-order chi connectivity index (χ0) is 16.2. The van der Waals surface area contributed by atoms with Crippen LogP contribution in [-0.2, 0) is 6.18 Å². The van der Waals surface area contributed by atoms with Gasteiger partial charge < -0.3 is 15.4 Å². The van der Waals surface area contributed by atoms with E-state index in [1.807, 2.05) is 0 Å². The number of anilines is 1. The highest BCUT2D eigenvalue weighted by Gasteiger charge is 2.34. The number of rotatable bonds is 3. The van der Waals surface area contributed by atoms with E-state index in [1.165, 1.54) is 13.5 Å². The molecule has 1 aromatic heterocycles. The molecule has 1 aliphatic carbocycles. The number of halogens is 3. The lowest BCUT2D eigenvalue weighted by Gasteiger charge is -2.24. The van der Waals surface area contributed by atoms with E-state index in [9.17, 15) is 13.2 Å². The number of hydrogen-bond acceptors (Lipinski definition) is 4. The zero-order valence-electron chi connectivity index (χ0n) is 12.0. The second-order valence-corrected chi connectivity index (χ2v) is 5.46. The van der Waals surface area contributed by atoms with Crippen LogP contribution in [0.4, 0.5) is 19.1 Å². The molecule has 0 radical (unpaired) electrons. The van der Waals surface area contributed by atoms with E-state index in [-0.39, 0.29) is 23.0 Å². The first kappa shape index (κ1) is 16.7. The minimum atomic E-state index is -4.58. The van der Waals surface area contributed by atoms with Crippen LogP contribution in [0.1, 0.15) is 37.8 Å². The highest BCUT2D eigenvalue weighted by molar-refractivity contribution is 7.80. The molecule has 0 saturated heterocycles. The number of ether oxygens (including phenoxy) is 1. The van der Waals surface area contributed by atoms with Crippen molar-refractivity contribution in [3.05, 3.63) is 11.8 Å². The lowest BCUT2D eigenvalue weighted by molar-refractivity contribution is -0.141. The summed E-state index contributed by atoms with van der Waals surface area (Å²) in [4.78, 5) is 7.26. The first-order chi connectivity index (χ1) is 10.4. The van der Waals surface area contributed by atoms with Gasteiger partial charge in [-0.05, 0) is 25.1 Å². The Balaban J connectivity index is 2.06. The molecule has 22 heavy (non-hydrogen) atoms. The van der Waals surface area contributed by atoms with E-state index in [1.54, 1.807) is 0 Å². The average molecular weight is 334 g/mol. The lowest BCUT2D eigenvalue weighted by Crippen LogP contribution is -2.39. The largest absolute Gasteiger partial charge is 0.481 e. The predicted octanol–water partition coefficient (Wildman–Crippen LogP) is 3.12. The van der Waals surface area contributed by atoms with Crippen LogP contribution in [0.2, 0.25) is 0 Å². The Kier molecular flexibility index (Phi) is 5.38. The van der Waals surface area contributed by atoms with Crippen molar-refractivity contribution in [1.82, 2.24) is 15.3 Å². The number of thiocarbonyl (C=S) groups is 1. The number of methoxy groups -OCH3 is 1. The van der Waals surface area contributed by atoms with E-state index in [0.29, 0.717) is 0 Å². The fourth-order valence-electron chi connectivity index (χ4n) is 2.30. The second-order valence-electron chi connectivity index (χ2n) is 5.05. The fourth-order valence-corrected chi connectivity index (χ4v) is 2.56. The molecule has 5 nitrogen and oxygen atoms in total. The molecule has 9 heteroatoms. The van der Waals surface area contributed by atoms with Gasteiger partial charge in [-0.25, -0.2) is 4.98 Å². The van der Waals surface area contributed by atoms with Crippen LogP contribution < -0.4 is 15.4 Å². The lowest BCUT2D eigenvalue weighted by atomic mass is 9.96. The monoisotopic (exact) mass is 334 g/mol. The molecule has 1 fully saturated rings. The molecule has 1 heterocycles. The molecule has 2 rings (SSSR count). The van der Waals surface area contributed by atoms with Gasteiger partial charge in [0.15, 0.2) is 10.8 Å². The van der Waals surface area contributed by atoms with Crippen molar-refractivity contribution >= 4 is 23.3 Å².